The number of esters is 2. The molecule has 1 atom stereocenters. The number of benzene rings is 1. The summed E-state index contributed by atoms with van der Waals surface area (Å²) in [4.78, 5) is 74.8. The number of aryl methyl sites for hydroxylation is 1. The van der Waals surface area contributed by atoms with Crippen molar-refractivity contribution >= 4 is 46.4 Å². The average molecular weight is 621 g/mol. The minimum absolute atomic E-state index is 0.0276. The number of terminal acetylenes is 1. The molecular formula is C32H40N6O7. The van der Waals surface area contributed by atoms with Crippen LogP contribution in [0.1, 0.15) is 69.1 Å². The lowest BCUT2D eigenvalue weighted by Crippen LogP contribution is -2.42. The monoisotopic (exact) mass is 620 g/mol. The summed E-state index contributed by atoms with van der Waals surface area (Å²) < 4.78 is 9.98. The maximum atomic E-state index is 13.1. The summed E-state index contributed by atoms with van der Waals surface area (Å²) in [6, 6.07) is 5.55. The molecule has 45 heavy (non-hydrogen) atoms. The molecular weight excluding hydrogens is 580 g/mol. The summed E-state index contributed by atoms with van der Waals surface area (Å²) in [5.41, 5.74) is 1.55. The molecule has 0 radical (unpaired) electrons. The zero-order valence-electron chi connectivity index (χ0n) is 26.5. The van der Waals surface area contributed by atoms with Gasteiger partial charge in [0, 0.05) is 40.9 Å². The van der Waals surface area contributed by atoms with Gasteiger partial charge in [-0.15, -0.1) is 6.42 Å². The molecule has 0 bridgehead atoms. The summed E-state index contributed by atoms with van der Waals surface area (Å²) in [5, 5.41) is 5.63. The number of amides is 2. The van der Waals surface area contributed by atoms with E-state index < -0.39 is 34.9 Å². The Bertz CT molecular complexity index is 1640. The van der Waals surface area contributed by atoms with Gasteiger partial charge < -0.3 is 24.7 Å². The molecule has 1 aromatic carbocycles. The minimum atomic E-state index is -1.03. The van der Waals surface area contributed by atoms with Crippen molar-refractivity contribution in [3.63, 3.8) is 0 Å². The Labute approximate surface area is 261 Å². The number of rotatable bonds is 13. The van der Waals surface area contributed by atoms with Gasteiger partial charge in [-0.2, -0.15) is 4.98 Å². The molecule has 0 spiro atoms. The fourth-order valence-corrected chi connectivity index (χ4v) is 4.43. The molecule has 2 amide bonds. The van der Waals surface area contributed by atoms with Crippen LogP contribution in [0.3, 0.4) is 0 Å². The van der Waals surface area contributed by atoms with E-state index in [0.29, 0.717) is 28.0 Å². The number of H-pyrrole nitrogens is 2. The molecule has 0 aliphatic carbocycles. The molecule has 2 aromatic heterocycles. The van der Waals surface area contributed by atoms with E-state index in [-0.39, 0.29) is 56.6 Å². The predicted octanol–water partition coefficient (Wildman–Crippen LogP) is 3.19. The highest BCUT2D eigenvalue weighted by Crippen LogP contribution is 2.24. The van der Waals surface area contributed by atoms with E-state index in [9.17, 15) is 24.0 Å². The van der Waals surface area contributed by atoms with Crippen LogP contribution >= 0.6 is 0 Å². The number of aromatic amines is 2. The second-order valence-corrected chi connectivity index (χ2v) is 11.3. The van der Waals surface area contributed by atoms with E-state index in [4.69, 9.17) is 15.9 Å². The lowest BCUT2D eigenvalue weighted by Gasteiger charge is -2.23. The maximum absolute atomic E-state index is 13.1. The molecule has 13 heteroatoms. The quantitative estimate of drug-likeness (QED) is 0.165. The van der Waals surface area contributed by atoms with Gasteiger partial charge in [-0.25, -0.2) is 4.79 Å². The van der Waals surface area contributed by atoms with Crippen LogP contribution in [-0.4, -0.2) is 64.5 Å². The van der Waals surface area contributed by atoms with Gasteiger partial charge in [0.15, 0.2) is 0 Å². The Morgan fingerprint density at radius 3 is 2.33 bits per heavy atom. The van der Waals surface area contributed by atoms with Gasteiger partial charge >= 0.3 is 11.9 Å². The topological polar surface area (TPSA) is 176 Å². The van der Waals surface area contributed by atoms with Crippen LogP contribution in [0.25, 0.3) is 11.0 Å². The molecule has 0 aliphatic heterocycles. The van der Waals surface area contributed by atoms with Crippen molar-refractivity contribution < 1.29 is 28.7 Å². The third-order valence-corrected chi connectivity index (χ3v) is 6.84. The number of fused-ring (bicyclic) bond motifs is 1. The third kappa shape index (κ3) is 8.95. The number of nitrogens with one attached hydrogen (secondary N) is 4. The van der Waals surface area contributed by atoms with Crippen LogP contribution in [0, 0.1) is 24.7 Å². The molecule has 0 saturated carbocycles. The fourth-order valence-electron chi connectivity index (χ4n) is 4.43. The van der Waals surface area contributed by atoms with Crippen molar-refractivity contribution in [2.75, 3.05) is 30.0 Å². The van der Waals surface area contributed by atoms with E-state index >= 15 is 0 Å². The average Bonchev–Trinajstić information content (AvgIpc) is 3.29. The van der Waals surface area contributed by atoms with Crippen LogP contribution in [-0.2, 0) is 30.4 Å². The number of anilines is 2. The minimum Gasteiger partial charge on any atom is -0.466 e. The summed E-state index contributed by atoms with van der Waals surface area (Å²) in [6.07, 6.45) is 5.64. The molecule has 2 heterocycles. The van der Waals surface area contributed by atoms with Gasteiger partial charge in [-0.3, -0.25) is 29.5 Å². The van der Waals surface area contributed by atoms with Gasteiger partial charge in [0.05, 0.1) is 25.1 Å². The maximum Gasteiger partial charge on any atom is 0.328 e. The zero-order chi connectivity index (χ0) is 33.3. The van der Waals surface area contributed by atoms with Crippen molar-refractivity contribution in [2.45, 2.75) is 67.0 Å². The Morgan fingerprint density at radius 1 is 1.07 bits per heavy atom. The highest BCUT2D eigenvalue weighted by molar-refractivity contribution is 5.97. The normalized spacial score (nSPS) is 11.8. The van der Waals surface area contributed by atoms with Crippen molar-refractivity contribution in [3.8, 4) is 12.3 Å². The largest absolute Gasteiger partial charge is 0.466 e. The van der Waals surface area contributed by atoms with Gasteiger partial charge in [0.2, 0.25) is 11.9 Å². The standard InChI is InChI=1S/C32H40N6O7/c1-8-17-38(18-22-19(4)33-26-25(22)28(41)36-31(35-26)37-30(43)32(5,6)7)21-13-11-20(12-14-21)27(40)34-23(29(42)45-10-3)15-16-24(39)44-9-2/h1,11-14,23H,9-10,15-18H2,2-7H3,(H,34,40)(H3,33,35,36,37,41,43)/t23-/m0/s1. The van der Waals surface area contributed by atoms with E-state index in [1.807, 2.05) is 11.8 Å². The van der Waals surface area contributed by atoms with E-state index in [0.717, 1.165) is 0 Å². The first-order valence-electron chi connectivity index (χ1n) is 14.6. The molecule has 0 aliphatic rings. The smallest absolute Gasteiger partial charge is 0.328 e. The molecule has 3 aromatic rings. The van der Waals surface area contributed by atoms with E-state index in [1.165, 1.54) is 0 Å². The summed E-state index contributed by atoms with van der Waals surface area (Å²) >= 11 is 0. The Balaban J connectivity index is 1.81. The molecule has 3 rings (SSSR count). The molecule has 13 nitrogen and oxygen atoms in total. The number of ether oxygens (including phenoxy) is 2. The van der Waals surface area contributed by atoms with Crippen LogP contribution in [0.4, 0.5) is 11.6 Å². The second kappa shape index (κ2) is 15.1. The number of aromatic nitrogens is 3. The Morgan fingerprint density at radius 2 is 1.73 bits per heavy atom. The highest BCUT2D eigenvalue weighted by Gasteiger charge is 2.25. The summed E-state index contributed by atoms with van der Waals surface area (Å²) in [7, 11) is 0. The lowest BCUT2D eigenvalue weighted by molar-refractivity contribution is -0.146. The second-order valence-electron chi connectivity index (χ2n) is 11.3. The van der Waals surface area contributed by atoms with Gasteiger partial charge in [0.1, 0.15) is 11.7 Å². The zero-order valence-corrected chi connectivity index (χ0v) is 26.5. The lowest BCUT2D eigenvalue weighted by atomic mass is 9.96. The van der Waals surface area contributed by atoms with Crippen LogP contribution in [0.15, 0.2) is 29.1 Å². The number of hydrogen-bond acceptors (Lipinski definition) is 9. The molecule has 0 fully saturated rings. The summed E-state index contributed by atoms with van der Waals surface area (Å²) in [6.45, 7) is 11.2. The highest BCUT2D eigenvalue weighted by atomic mass is 16.5. The number of carbonyl (C=O) groups is 4. The van der Waals surface area contributed by atoms with Gasteiger partial charge in [-0.05, 0) is 51.5 Å². The third-order valence-electron chi connectivity index (χ3n) is 6.84. The molecule has 240 valence electrons. The SMILES string of the molecule is C#CCN(Cc1c(C)[nH]c2nc(NC(=O)C(C)(C)C)[nH]c(=O)c12)c1ccc(C(=O)N[C@@H](CCC(=O)OCC)C(=O)OCC)cc1. The molecule has 4 N–H and O–H groups in total. The molecule has 0 saturated heterocycles. The number of nitrogens with zero attached hydrogens (tertiary/aromatic N) is 2. The molecule has 0 unspecified atom stereocenters. The van der Waals surface area contributed by atoms with Gasteiger partial charge in [-0.1, -0.05) is 26.7 Å². The Kier molecular flexibility index (Phi) is 11.5. The van der Waals surface area contributed by atoms with Crippen molar-refractivity contribution in [1.82, 2.24) is 20.3 Å². The Hall–Kier alpha value is -5.12. The van der Waals surface area contributed by atoms with Crippen LogP contribution < -0.4 is 21.1 Å². The van der Waals surface area contributed by atoms with Crippen LogP contribution in [0.5, 0.6) is 0 Å². The van der Waals surface area contributed by atoms with Crippen LogP contribution in [0.2, 0.25) is 0 Å². The van der Waals surface area contributed by atoms with E-state index in [2.05, 4.69) is 31.5 Å². The first-order chi connectivity index (χ1) is 21.3. The number of carbonyl (C=O) groups excluding carboxylic acids is 4. The predicted molar refractivity (Wildman–Crippen MR) is 170 cm³/mol. The van der Waals surface area contributed by atoms with Crippen molar-refractivity contribution in [3.05, 3.63) is 51.4 Å². The first-order valence-corrected chi connectivity index (χ1v) is 14.6. The van der Waals surface area contributed by atoms with E-state index in [1.54, 1.807) is 58.9 Å². The first kappa shape index (κ1) is 34.4. The van der Waals surface area contributed by atoms with Crippen molar-refractivity contribution in [1.29, 1.82) is 0 Å². The number of hydrogen-bond donors (Lipinski definition) is 4. The van der Waals surface area contributed by atoms with Crippen molar-refractivity contribution in [2.24, 2.45) is 5.41 Å². The fraction of sp³-hybridized carbons (Fsp3) is 0.438. The van der Waals surface area contributed by atoms with Gasteiger partial charge in [0.25, 0.3) is 11.5 Å². The summed E-state index contributed by atoms with van der Waals surface area (Å²) in [5.74, 6) is 0.731.